The van der Waals surface area contributed by atoms with Gasteiger partial charge in [-0.1, -0.05) is 19.6 Å². The molecule has 0 aliphatic carbocycles. The molecule has 0 amide bonds. The fraction of sp³-hybridized carbons (Fsp3) is 0.333. The van der Waals surface area contributed by atoms with Gasteiger partial charge in [0, 0.05) is 6.42 Å². The molecule has 0 fully saturated rings. The second-order valence-corrected chi connectivity index (χ2v) is 1.25. The minimum Gasteiger partial charge on any atom is -0.512 e. The predicted molar refractivity (Wildman–Crippen MR) is 31.2 cm³/mol. The fourth-order valence-corrected chi connectivity index (χ4v) is 0.254. The van der Waals surface area contributed by atoms with Crippen LogP contribution in [0.2, 0.25) is 0 Å². The molecule has 1 N–H and O–H groups in total. The van der Waals surface area contributed by atoms with Crippen LogP contribution in [-0.2, 0) is 0 Å². The number of hydrogen-bond donors (Lipinski definition) is 1. The molecule has 1 heteroatoms. The quantitative estimate of drug-likeness (QED) is 0.414. The lowest BCUT2D eigenvalue weighted by Crippen LogP contribution is -1.71. The van der Waals surface area contributed by atoms with Crippen molar-refractivity contribution in [1.82, 2.24) is 0 Å². The maximum Gasteiger partial charge on any atom is 0.0919 e. The van der Waals surface area contributed by atoms with Gasteiger partial charge in [0.15, 0.2) is 0 Å². The molecule has 0 aromatic carbocycles. The maximum atomic E-state index is 8.65. The maximum absolute atomic E-state index is 8.65. The molecular formula is C6H10O. The lowest BCUT2D eigenvalue weighted by atomic mass is 10.4. The molecular weight excluding hydrogens is 88.1 g/mol. The zero-order chi connectivity index (χ0) is 5.70. The van der Waals surface area contributed by atoms with Crippen LogP contribution >= 0.6 is 0 Å². The van der Waals surface area contributed by atoms with Crippen molar-refractivity contribution in [3.63, 3.8) is 0 Å². The Balaban J connectivity index is 3.49. The van der Waals surface area contributed by atoms with Crippen molar-refractivity contribution >= 4 is 0 Å². The molecule has 1 nitrogen and oxygen atoms in total. The van der Waals surface area contributed by atoms with E-state index in [1.807, 2.05) is 6.92 Å². The molecule has 0 bridgehead atoms. The van der Waals surface area contributed by atoms with Crippen LogP contribution in [0.4, 0.5) is 0 Å². The van der Waals surface area contributed by atoms with Crippen LogP contribution in [0.15, 0.2) is 24.5 Å². The number of allylic oxidation sites excluding steroid dienone is 3. The van der Waals surface area contributed by atoms with E-state index >= 15 is 0 Å². The highest BCUT2D eigenvalue weighted by Gasteiger charge is 1.78. The van der Waals surface area contributed by atoms with Gasteiger partial charge in [-0.25, -0.2) is 0 Å². The first-order valence-electron chi connectivity index (χ1n) is 2.31. The first-order chi connectivity index (χ1) is 3.31. The average Bonchev–Trinajstić information content (AvgIpc) is 1.68. The van der Waals surface area contributed by atoms with Gasteiger partial charge < -0.3 is 5.11 Å². The van der Waals surface area contributed by atoms with Crippen molar-refractivity contribution < 1.29 is 5.11 Å². The van der Waals surface area contributed by atoms with Crippen molar-refractivity contribution in [2.24, 2.45) is 0 Å². The Hall–Kier alpha value is -0.720. The lowest BCUT2D eigenvalue weighted by molar-refractivity contribution is 0.395. The van der Waals surface area contributed by atoms with E-state index in [4.69, 9.17) is 5.11 Å². The summed E-state index contributed by atoms with van der Waals surface area (Å²) >= 11 is 0. The molecule has 0 aliphatic heterocycles. The smallest absolute Gasteiger partial charge is 0.0919 e. The second kappa shape index (κ2) is 3.47. The standard InChI is InChI=1S/C6H10O/c1-3-5-6(7)4-2/h3,5,7H,1,4H2,2H3. The summed E-state index contributed by atoms with van der Waals surface area (Å²) in [5.74, 6) is 0.384. The Morgan fingerprint density at radius 1 is 1.86 bits per heavy atom. The molecule has 0 aromatic rings. The van der Waals surface area contributed by atoms with Crippen molar-refractivity contribution in [2.75, 3.05) is 0 Å². The van der Waals surface area contributed by atoms with E-state index in [1.54, 1.807) is 12.2 Å². The van der Waals surface area contributed by atoms with Crippen molar-refractivity contribution in [3.05, 3.63) is 24.5 Å². The molecule has 0 unspecified atom stereocenters. The summed E-state index contributed by atoms with van der Waals surface area (Å²) in [5, 5.41) is 8.65. The highest BCUT2D eigenvalue weighted by atomic mass is 16.3. The van der Waals surface area contributed by atoms with Gasteiger partial charge in [0.2, 0.25) is 0 Å². The van der Waals surface area contributed by atoms with E-state index in [1.165, 1.54) is 0 Å². The normalized spacial score (nSPS) is 11.3. The van der Waals surface area contributed by atoms with E-state index < -0.39 is 0 Å². The molecule has 0 saturated heterocycles. The molecule has 0 heterocycles. The SMILES string of the molecule is C=CC=C(O)CC. The second-order valence-electron chi connectivity index (χ2n) is 1.25. The minimum atomic E-state index is 0.384. The Labute approximate surface area is 44.0 Å². The van der Waals surface area contributed by atoms with Crippen molar-refractivity contribution in [3.8, 4) is 0 Å². The summed E-state index contributed by atoms with van der Waals surface area (Å²) in [6.45, 7) is 5.30. The van der Waals surface area contributed by atoms with Gasteiger partial charge in [0.1, 0.15) is 0 Å². The largest absolute Gasteiger partial charge is 0.512 e. The van der Waals surface area contributed by atoms with Crippen LogP contribution in [0.5, 0.6) is 0 Å². The van der Waals surface area contributed by atoms with Crippen LogP contribution < -0.4 is 0 Å². The molecule has 0 saturated carbocycles. The van der Waals surface area contributed by atoms with Crippen molar-refractivity contribution in [1.29, 1.82) is 0 Å². The van der Waals surface area contributed by atoms with E-state index in [-0.39, 0.29) is 0 Å². The van der Waals surface area contributed by atoms with E-state index in [0.29, 0.717) is 12.2 Å². The van der Waals surface area contributed by atoms with Crippen molar-refractivity contribution in [2.45, 2.75) is 13.3 Å². The predicted octanol–water partition coefficient (Wildman–Crippen LogP) is 2.02. The summed E-state index contributed by atoms with van der Waals surface area (Å²) in [4.78, 5) is 0. The Kier molecular flexibility index (Phi) is 3.11. The molecule has 0 atom stereocenters. The Bertz CT molecular complexity index is 82.2. The summed E-state index contributed by atoms with van der Waals surface area (Å²) in [5.41, 5.74) is 0. The van der Waals surface area contributed by atoms with Crippen LogP contribution in [0.25, 0.3) is 0 Å². The molecule has 0 aliphatic rings. The topological polar surface area (TPSA) is 20.2 Å². The van der Waals surface area contributed by atoms with Gasteiger partial charge in [0.25, 0.3) is 0 Å². The summed E-state index contributed by atoms with van der Waals surface area (Å²) in [6, 6.07) is 0. The first-order valence-corrected chi connectivity index (χ1v) is 2.31. The lowest BCUT2D eigenvalue weighted by Gasteiger charge is -1.85. The fourth-order valence-electron chi connectivity index (χ4n) is 0.254. The summed E-state index contributed by atoms with van der Waals surface area (Å²) in [6.07, 6.45) is 3.84. The van der Waals surface area contributed by atoms with E-state index in [0.717, 1.165) is 0 Å². The van der Waals surface area contributed by atoms with E-state index in [9.17, 15) is 0 Å². The molecule has 0 rings (SSSR count). The Morgan fingerprint density at radius 2 is 2.43 bits per heavy atom. The highest BCUT2D eigenvalue weighted by Crippen LogP contribution is 1.91. The molecule has 0 radical (unpaired) electrons. The highest BCUT2D eigenvalue weighted by molar-refractivity contribution is 5.01. The van der Waals surface area contributed by atoms with Crippen LogP contribution in [0.3, 0.4) is 0 Å². The monoisotopic (exact) mass is 98.1 g/mol. The molecule has 7 heavy (non-hydrogen) atoms. The number of hydrogen-bond acceptors (Lipinski definition) is 1. The van der Waals surface area contributed by atoms with Gasteiger partial charge in [0.05, 0.1) is 5.76 Å². The molecule has 40 valence electrons. The summed E-state index contributed by atoms with van der Waals surface area (Å²) < 4.78 is 0. The van der Waals surface area contributed by atoms with Crippen LogP contribution in [0.1, 0.15) is 13.3 Å². The molecule has 0 aromatic heterocycles. The van der Waals surface area contributed by atoms with Crippen LogP contribution in [0, 0.1) is 0 Å². The van der Waals surface area contributed by atoms with Gasteiger partial charge in [-0.05, 0) is 6.08 Å². The van der Waals surface area contributed by atoms with Gasteiger partial charge in [-0.3, -0.25) is 0 Å². The third-order valence-electron chi connectivity index (χ3n) is 0.672. The number of rotatable bonds is 2. The average molecular weight is 98.1 g/mol. The Morgan fingerprint density at radius 3 is 2.57 bits per heavy atom. The first kappa shape index (κ1) is 6.28. The minimum absolute atomic E-state index is 0.384. The number of aliphatic hydroxyl groups excluding tert-OH is 1. The third-order valence-corrected chi connectivity index (χ3v) is 0.672. The third kappa shape index (κ3) is 3.10. The zero-order valence-corrected chi connectivity index (χ0v) is 4.52. The zero-order valence-electron chi connectivity index (χ0n) is 4.52. The molecule has 0 spiro atoms. The summed E-state index contributed by atoms with van der Waals surface area (Å²) in [7, 11) is 0. The van der Waals surface area contributed by atoms with Gasteiger partial charge in [-0.2, -0.15) is 0 Å². The van der Waals surface area contributed by atoms with Gasteiger partial charge in [-0.15, -0.1) is 0 Å². The number of aliphatic hydroxyl groups is 1. The van der Waals surface area contributed by atoms with E-state index in [2.05, 4.69) is 6.58 Å². The van der Waals surface area contributed by atoms with Crippen LogP contribution in [-0.4, -0.2) is 5.11 Å². The van der Waals surface area contributed by atoms with Gasteiger partial charge >= 0.3 is 0 Å².